The minimum atomic E-state index is -1.72. The zero-order valence-electron chi connectivity index (χ0n) is 34.5. The molecule has 6 aliphatic rings. The molecule has 14 nitrogen and oxygen atoms in total. The van der Waals surface area contributed by atoms with Crippen LogP contribution in [0.5, 0.6) is 11.8 Å². The van der Waals surface area contributed by atoms with E-state index < -0.39 is 41.1 Å². The maximum absolute atomic E-state index is 17.6. The van der Waals surface area contributed by atoms with Crippen LogP contribution in [-0.2, 0) is 20.6 Å². The Bertz CT molecular complexity index is 2370. The number of amides is 2. The Kier molecular flexibility index (Phi) is 10.8. The summed E-state index contributed by atoms with van der Waals surface area (Å²) < 4.78 is 94.1. The number of aromatic nitrogens is 3. The molecule has 61 heavy (non-hydrogen) atoms. The highest BCUT2D eigenvalue weighted by Gasteiger charge is 2.47. The smallest absolute Gasteiger partial charge is 0.438 e. The zero-order valence-corrected chi connectivity index (χ0v) is 34.5. The number of fused-ring (bicyclic) bond motifs is 7. The Morgan fingerprint density at radius 2 is 1.82 bits per heavy atom. The molecule has 4 fully saturated rings. The van der Waals surface area contributed by atoms with Crippen LogP contribution >= 0.6 is 0 Å². The second kappa shape index (κ2) is 16.0. The van der Waals surface area contributed by atoms with E-state index >= 15 is 17.7 Å². The number of carbonyl (C=O) groups is 2. The zero-order chi connectivity index (χ0) is 42.7. The van der Waals surface area contributed by atoms with Gasteiger partial charge in [0.15, 0.2) is 5.82 Å². The van der Waals surface area contributed by atoms with E-state index in [-0.39, 0.29) is 120 Å². The van der Waals surface area contributed by atoms with Gasteiger partial charge < -0.3 is 33.5 Å². The molecule has 0 radical (unpaired) electrons. The number of likely N-dealkylation sites (tertiary alicyclic amines) is 1. The molecule has 8 heterocycles. The molecule has 2 aromatic heterocycles. The van der Waals surface area contributed by atoms with E-state index in [0.29, 0.717) is 18.4 Å². The van der Waals surface area contributed by atoms with E-state index in [0.717, 1.165) is 38.8 Å². The van der Waals surface area contributed by atoms with Crippen molar-refractivity contribution in [3.63, 3.8) is 0 Å². The predicted octanol–water partition coefficient (Wildman–Crippen LogP) is 6.94. The summed E-state index contributed by atoms with van der Waals surface area (Å²) >= 11 is 0. The van der Waals surface area contributed by atoms with Crippen molar-refractivity contribution < 1.29 is 50.9 Å². The number of nitrogens with zero attached hydrogens (tertiary/aromatic N) is 7. The van der Waals surface area contributed by atoms with E-state index in [1.165, 1.54) is 41.1 Å². The van der Waals surface area contributed by atoms with Gasteiger partial charge in [0.1, 0.15) is 47.0 Å². The molecular weight excluding hydrogens is 803 g/mol. The number of alkyl halides is 1. The topological polar surface area (TPSA) is 132 Å². The number of rotatable bonds is 7. The molecule has 2 aromatic carbocycles. The van der Waals surface area contributed by atoms with Crippen molar-refractivity contribution in [1.29, 1.82) is 0 Å². The van der Waals surface area contributed by atoms with Gasteiger partial charge in [0, 0.05) is 45.5 Å². The van der Waals surface area contributed by atoms with Gasteiger partial charge in [-0.15, -0.1) is 5.12 Å². The van der Waals surface area contributed by atoms with Gasteiger partial charge in [0.25, 0.3) is 0 Å². The number of piperidine rings is 1. The van der Waals surface area contributed by atoms with Crippen LogP contribution in [0.2, 0.25) is 0 Å². The lowest BCUT2D eigenvalue weighted by atomic mass is 9.89. The average molecular weight is 852 g/mol. The Morgan fingerprint density at radius 1 is 1.02 bits per heavy atom. The van der Waals surface area contributed by atoms with Crippen molar-refractivity contribution >= 4 is 39.7 Å². The van der Waals surface area contributed by atoms with Gasteiger partial charge in [-0.05, 0) is 99.5 Å². The number of hydrogen-bond donors (Lipinski definition) is 0. The molecule has 2 amide bonds. The number of carbonyl (C=O) groups excluding carboxylic acids is 2. The second-order valence-electron chi connectivity index (χ2n) is 17.4. The van der Waals surface area contributed by atoms with E-state index in [1.54, 1.807) is 20.3 Å². The summed E-state index contributed by atoms with van der Waals surface area (Å²) in [6.45, 7) is 3.55. The highest BCUT2D eigenvalue weighted by molar-refractivity contribution is 6.02. The van der Waals surface area contributed by atoms with Crippen LogP contribution in [0.1, 0.15) is 57.4 Å². The number of pyridine rings is 1. The third kappa shape index (κ3) is 7.43. The van der Waals surface area contributed by atoms with Gasteiger partial charge in [-0.25, -0.2) is 22.8 Å². The second-order valence-corrected chi connectivity index (χ2v) is 17.4. The number of halogens is 4. The quantitative estimate of drug-likeness (QED) is 0.141. The van der Waals surface area contributed by atoms with Crippen LogP contribution in [0.4, 0.5) is 33.1 Å². The van der Waals surface area contributed by atoms with Crippen LogP contribution in [-0.4, -0.2) is 138 Å². The number of methoxy groups -OCH3 is 2. The fourth-order valence-electron chi connectivity index (χ4n) is 10.2. The highest BCUT2D eigenvalue weighted by atomic mass is 19.2. The molecule has 6 bridgehead atoms. The Labute approximate surface area is 349 Å². The fourth-order valence-corrected chi connectivity index (χ4v) is 10.2. The summed E-state index contributed by atoms with van der Waals surface area (Å²) in [5.74, 6) is -1.46. The number of benzene rings is 2. The summed E-state index contributed by atoms with van der Waals surface area (Å²) in [6.07, 6.45) is 1.78. The molecule has 4 aromatic rings. The van der Waals surface area contributed by atoms with Gasteiger partial charge in [-0.3, -0.25) is 9.88 Å². The van der Waals surface area contributed by atoms with Crippen LogP contribution in [0.3, 0.4) is 0 Å². The van der Waals surface area contributed by atoms with Crippen molar-refractivity contribution in [2.75, 3.05) is 78.2 Å². The highest BCUT2D eigenvalue weighted by Crippen LogP contribution is 2.43. The molecule has 0 N–H and O–H groups in total. The molecule has 4 saturated heterocycles. The van der Waals surface area contributed by atoms with E-state index in [9.17, 15) is 9.59 Å². The van der Waals surface area contributed by atoms with Gasteiger partial charge in [0.2, 0.25) is 0 Å². The van der Waals surface area contributed by atoms with Crippen molar-refractivity contribution in [2.45, 2.75) is 81.1 Å². The molecule has 0 spiro atoms. The monoisotopic (exact) mass is 851 g/mol. The number of hydrogen-bond acceptors (Lipinski definition) is 12. The molecule has 3 atom stereocenters. The summed E-state index contributed by atoms with van der Waals surface area (Å²) in [6, 6.07) is 5.55. The van der Waals surface area contributed by atoms with Crippen LogP contribution in [0, 0.1) is 11.6 Å². The lowest BCUT2D eigenvalue weighted by Gasteiger charge is -2.44. The average Bonchev–Trinajstić information content (AvgIpc) is 3.97. The van der Waals surface area contributed by atoms with E-state index in [1.807, 2.05) is 0 Å². The van der Waals surface area contributed by atoms with Crippen molar-refractivity contribution in [3.8, 4) is 23.0 Å². The van der Waals surface area contributed by atoms with Crippen molar-refractivity contribution in [3.05, 3.63) is 47.7 Å². The lowest BCUT2D eigenvalue weighted by molar-refractivity contribution is -0.0758. The third-order valence-corrected chi connectivity index (χ3v) is 13.3. The molecule has 0 aliphatic carbocycles. The van der Waals surface area contributed by atoms with Crippen LogP contribution < -0.4 is 14.4 Å². The molecule has 3 unspecified atom stereocenters. The number of ether oxygens (including phenoxy) is 5. The van der Waals surface area contributed by atoms with Gasteiger partial charge in [0.05, 0.1) is 42.8 Å². The standard InChI is InChI=1S/C43H49F4N7O7/c1-41-19-27(44)21-52(22-41)37-31-20-48-35(34(46)36(31)49-38(50-37)60-24-42-10-5-13-53(42)14-6-11-42)30-18-28(61-39(55)51-15-12-43(23-51,58-3)25-57-2)17-26-8-9-32(45)29(33(26)30)7-4-16-59-40(56)54(41)47/h8-9,17-18,20,27H,4-7,10-16,19,21-25H2,1-3H3. The first kappa shape index (κ1) is 41.3. The molecule has 6 aliphatic heterocycles. The number of aryl methyl sites for hydroxylation is 1. The van der Waals surface area contributed by atoms with Gasteiger partial charge in [-0.1, -0.05) is 10.5 Å². The van der Waals surface area contributed by atoms with E-state index in [4.69, 9.17) is 28.7 Å². The van der Waals surface area contributed by atoms with E-state index in [2.05, 4.69) is 14.9 Å². The normalized spacial score (nSPS) is 25.4. The largest absolute Gasteiger partial charge is 0.461 e. The first-order valence-corrected chi connectivity index (χ1v) is 20.9. The summed E-state index contributed by atoms with van der Waals surface area (Å²) in [5.41, 5.74) is -2.86. The summed E-state index contributed by atoms with van der Waals surface area (Å²) in [4.78, 5) is 46.0. The molecular formula is C43H49F4N7O7. The molecule has 0 saturated carbocycles. The predicted molar refractivity (Wildman–Crippen MR) is 215 cm³/mol. The maximum Gasteiger partial charge on any atom is 0.438 e. The Balaban J connectivity index is 1.20. The molecule has 18 heteroatoms. The van der Waals surface area contributed by atoms with Gasteiger partial charge >= 0.3 is 18.2 Å². The summed E-state index contributed by atoms with van der Waals surface area (Å²) in [7, 11) is 3.11. The Morgan fingerprint density at radius 3 is 2.59 bits per heavy atom. The molecule has 326 valence electrons. The van der Waals surface area contributed by atoms with Crippen molar-refractivity contribution in [1.82, 2.24) is 29.9 Å². The minimum Gasteiger partial charge on any atom is -0.461 e. The maximum atomic E-state index is 17.6. The van der Waals surface area contributed by atoms with Gasteiger partial charge in [-0.2, -0.15) is 9.97 Å². The first-order valence-electron chi connectivity index (χ1n) is 20.9. The number of anilines is 1. The van der Waals surface area contributed by atoms with Crippen LogP contribution in [0.15, 0.2) is 30.5 Å². The van der Waals surface area contributed by atoms with Crippen LogP contribution in [0.25, 0.3) is 32.9 Å². The minimum absolute atomic E-state index is 0.0167. The SMILES string of the molecule is COCC1(OC)CCN(C(=O)Oc2cc3c4c(c(F)ccc4c2)CCCOC(=O)N(F)C2(C)CC(F)CN(C2)c2nc(OCC45CCCN4CCC5)nc4c(F)c-3ncc24)C1. The third-order valence-electron chi connectivity index (χ3n) is 13.3. The first-order chi connectivity index (χ1) is 29.3. The lowest BCUT2D eigenvalue weighted by Crippen LogP contribution is -2.59. The Hall–Kier alpha value is -5.07. The van der Waals surface area contributed by atoms with Crippen molar-refractivity contribution in [2.24, 2.45) is 0 Å². The fraction of sp³-hybridized carbons (Fsp3) is 0.558. The molecule has 10 rings (SSSR count). The summed E-state index contributed by atoms with van der Waals surface area (Å²) in [5, 5.41) is 0.645.